The van der Waals surface area contributed by atoms with Crippen LogP contribution in [0.15, 0.2) is 66.9 Å². The van der Waals surface area contributed by atoms with Gasteiger partial charge in [0.15, 0.2) is 0 Å². The Morgan fingerprint density at radius 3 is 1.47 bits per heavy atom. The minimum absolute atomic E-state index is 0.243. The number of carbonyl (C=O) groups excluding carboxylic acids is 2. The van der Waals surface area contributed by atoms with Gasteiger partial charge in [0, 0.05) is 55.1 Å². The molecule has 7 heteroatoms. The van der Waals surface area contributed by atoms with Gasteiger partial charge in [-0.2, -0.15) is 0 Å². The van der Waals surface area contributed by atoms with E-state index in [2.05, 4.69) is 53.1 Å². The molecular formula is C27H33N5O2. The minimum atomic E-state index is -0.325. The number of carbonyl (C=O) groups is 2. The van der Waals surface area contributed by atoms with Gasteiger partial charge in [-0.05, 0) is 88.4 Å². The summed E-state index contributed by atoms with van der Waals surface area (Å²) in [4.78, 5) is 33.8. The molecule has 2 aromatic carbocycles. The summed E-state index contributed by atoms with van der Waals surface area (Å²) >= 11 is 0. The first-order chi connectivity index (χ1) is 16.5. The molecule has 0 spiro atoms. The second-order valence-electron chi connectivity index (χ2n) is 7.78. The van der Waals surface area contributed by atoms with Crippen molar-refractivity contribution in [1.82, 2.24) is 4.98 Å². The van der Waals surface area contributed by atoms with E-state index in [9.17, 15) is 9.59 Å². The summed E-state index contributed by atoms with van der Waals surface area (Å²) in [7, 11) is 0. The average molecular weight is 460 g/mol. The Labute approximate surface area is 201 Å². The molecule has 34 heavy (non-hydrogen) atoms. The molecule has 0 saturated heterocycles. The van der Waals surface area contributed by atoms with Crippen LogP contribution in [0.5, 0.6) is 0 Å². The van der Waals surface area contributed by atoms with Gasteiger partial charge in [0.25, 0.3) is 11.8 Å². The highest BCUT2D eigenvalue weighted by Crippen LogP contribution is 2.19. The normalized spacial score (nSPS) is 10.5. The second kappa shape index (κ2) is 11.8. The van der Waals surface area contributed by atoms with E-state index < -0.39 is 0 Å². The molecule has 0 atom stereocenters. The number of aromatic nitrogens is 1. The molecule has 1 aromatic heterocycles. The number of benzene rings is 2. The van der Waals surface area contributed by atoms with E-state index >= 15 is 0 Å². The molecule has 0 radical (unpaired) electrons. The number of amides is 2. The van der Waals surface area contributed by atoms with Crippen LogP contribution in [0.2, 0.25) is 0 Å². The molecule has 7 nitrogen and oxygen atoms in total. The first-order valence-corrected chi connectivity index (χ1v) is 11.8. The Balaban J connectivity index is 1.59. The molecule has 0 bridgehead atoms. The maximum absolute atomic E-state index is 12.6. The van der Waals surface area contributed by atoms with Crippen LogP contribution in [0.25, 0.3) is 0 Å². The quantitative estimate of drug-likeness (QED) is 0.431. The summed E-state index contributed by atoms with van der Waals surface area (Å²) in [5.41, 5.74) is 4.25. The van der Waals surface area contributed by atoms with Gasteiger partial charge in [-0.3, -0.25) is 14.6 Å². The molecule has 0 aliphatic heterocycles. The predicted octanol–water partition coefficient (Wildman–Crippen LogP) is 5.28. The molecule has 1 heterocycles. The molecule has 178 valence electrons. The lowest BCUT2D eigenvalue weighted by Crippen LogP contribution is -2.21. The lowest BCUT2D eigenvalue weighted by molar-refractivity contribution is 0.101. The van der Waals surface area contributed by atoms with Gasteiger partial charge in [0.1, 0.15) is 5.69 Å². The predicted molar refractivity (Wildman–Crippen MR) is 140 cm³/mol. The van der Waals surface area contributed by atoms with Gasteiger partial charge < -0.3 is 20.4 Å². The Morgan fingerprint density at radius 2 is 1.09 bits per heavy atom. The fourth-order valence-corrected chi connectivity index (χ4v) is 3.75. The summed E-state index contributed by atoms with van der Waals surface area (Å²) in [6, 6.07) is 18.6. The first kappa shape index (κ1) is 24.8. The van der Waals surface area contributed by atoms with Crippen molar-refractivity contribution in [3.8, 4) is 0 Å². The third-order valence-electron chi connectivity index (χ3n) is 5.77. The third-order valence-corrected chi connectivity index (χ3v) is 5.77. The molecule has 2 N–H and O–H groups in total. The lowest BCUT2D eigenvalue weighted by Gasteiger charge is -2.21. The summed E-state index contributed by atoms with van der Waals surface area (Å²) < 4.78 is 0. The molecule has 0 unspecified atom stereocenters. The number of nitrogens with zero attached hydrogens (tertiary/aromatic N) is 3. The van der Waals surface area contributed by atoms with E-state index in [0.717, 1.165) is 37.6 Å². The van der Waals surface area contributed by atoms with Gasteiger partial charge in [-0.15, -0.1) is 0 Å². The molecule has 0 aliphatic carbocycles. The van der Waals surface area contributed by atoms with Crippen molar-refractivity contribution in [2.24, 2.45) is 0 Å². The molecule has 3 rings (SSSR count). The maximum Gasteiger partial charge on any atom is 0.274 e. The molecule has 2 amide bonds. The Morgan fingerprint density at radius 1 is 0.647 bits per heavy atom. The van der Waals surface area contributed by atoms with Gasteiger partial charge in [-0.1, -0.05) is 0 Å². The van der Waals surface area contributed by atoms with E-state index in [0.29, 0.717) is 16.9 Å². The Kier molecular flexibility index (Phi) is 8.62. The van der Waals surface area contributed by atoms with Crippen molar-refractivity contribution < 1.29 is 9.59 Å². The van der Waals surface area contributed by atoms with Gasteiger partial charge in [-0.25, -0.2) is 0 Å². The largest absolute Gasteiger partial charge is 0.372 e. The minimum Gasteiger partial charge on any atom is -0.372 e. The van der Waals surface area contributed by atoms with Crippen LogP contribution >= 0.6 is 0 Å². The topological polar surface area (TPSA) is 77.6 Å². The third kappa shape index (κ3) is 6.13. The van der Waals surface area contributed by atoms with Crippen molar-refractivity contribution in [2.45, 2.75) is 27.7 Å². The average Bonchev–Trinajstić information content (AvgIpc) is 2.87. The van der Waals surface area contributed by atoms with Gasteiger partial charge in [0.05, 0.1) is 5.56 Å². The zero-order chi connectivity index (χ0) is 24.5. The second-order valence-corrected chi connectivity index (χ2v) is 7.78. The maximum atomic E-state index is 12.6. The summed E-state index contributed by atoms with van der Waals surface area (Å²) in [6.45, 7) is 12.1. The number of nitrogens with one attached hydrogen (secondary N) is 2. The summed E-state index contributed by atoms with van der Waals surface area (Å²) in [5.74, 6) is -0.600. The van der Waals surface area contributed by atoms with Crippen molar-refractivity contribution in [3.63, 3.8) is 0 Å². The zero-order valence-electron chi connectivity index (χ0n) is 20.3. The van der Waals surface area contributed by atoms with Crippen molar-refractivity contribution in [1.29, 1.82) is 0 Å². The van der Waals surface area contributed by atoms with Crippen LogP contribution in [0, 0.1) is 0 Å². The smallest absolute Gasteiger partial charge is 0.274 e. The van der Waals surface area contributed by atoms with E-state index in [1.807, 2.05) is 48.5 Å². The van der Waals surface area contributed by atoms with Gasteiger partial charge in [0.2, 0.25) is 0 Å². The molecule has 3 aromatic rings. The van der Waals surface area contributed by atoms with Crippen molar-refractivity contribution in [2.75, 3.05) is 46.6 Å². The fraction of sp³-hybridized carbons (Fsp3) is 0.296. The van der Waals surface area contributed by atoms with Gasteiger partial charge >= 0.3 is 0 Å². The molecule has 0 aliphatic rings. The van der Waals surface area contributed by atoms with Crippen LogP contribution in [0.1, 0.15) is 48.5 Å². The van der Waals surface area contributed by atoms with Crippen LogP contribution in [0.3, 0.4) is 0 Å². The monoisotopic (exact) mass is 459 g/mol. The fourth-order valence-electron chi connectivity index (χ4n) is 3.75. The Hall–Kier alpha value is -3.87. The number of anilines is 4. The van der Waals surface area contributed by atoms with Crippen LogP contribution in [-0.2, 0) is 0 Å². The highest BCUT2D eigenvalue weighted by atomic mass is 16.2. The number of rotatable bonds is 10. The standard InChI is InChI=1S/C27H33N5O2/c1-5-31(6-2)23-14-10-21(11-15-23)29-26(33)20-9-18-25(28-19-20)27(34)30-22-12-16-24(17-13-22)32(7-3)8-4/h9-19H,5-8H2,1-4H3,(H,29,33)(H,30,34). The van der Waals surface area contributed by atoms with E-state index in [1.165, 1.54) is 6.20 Å². The van der Waals surface area contributed by atoms with Crippen molar-refractivity contribution in [3.05, 3.63) is 78.1 Å². The highest BCUT2D eigenvalue weighted by Gasteiger charge is 2.12. The van der Waals surface area contributed by atoms with Crippen LogP contribution in [0.4, 0.5) is 22.7 Å². The first-order valence-electron chi connectivity index (χ1n) is 11.8. The molecular weight excluding hydrogens is 426 g/mol. The number of pyridine rings is 1. The lowest BCUT2D eigenvalue weighted by atomic mass is 10.2. The van der Waals surface area contributed by atoms with Crippen molar-refractivity contribution >= 4 is 34.6 Å². The van der Waals surface area contributed by atoms with E-state index in [4.69, 9.17) is 0 Å². The number of hydrogen-bond donors (Lipinski definition) is 2. The summed E-state index contributed by atoms with van der Waals surface area (Å²) in [6.07, 6.45) is 1.41. The van der Waals surface area contributed by atoms with Crippen LogP contribution in [-0.4, -0.2) is 43.0 Å². The Bertz CT molecular complexity index is 983. The highest BCUT2D eigenvalue weighted by molar-refractivity contribution is 6.06. The summed E-state index contributed by atoms with van der Waals surface area (Å²) in [5, 5.41) is 5.72. The zero-order valence-corrected chi connectivity index (χ0v) is 20.3. The number of hydrogen-bond acceptors (Lipinski definition) is 5. The SMILES string of the molecule is CCN(CC)c1ccc(NC(=O)c2ccc(C(=O)Nc3ccc(N(CC)CC)cc3)nc2)cc1. The van der Waals surface area contributed by atoms with E-state index in [-0.39, 0.29) is 17.5 Å². The van der Waals surface area contributed by atoms with E-state index in [1.54, 1.807) is 12.1 Å². The molecule has 0 saturated carbocycles. The molecule has 0 fully saturated rings. The van der Waals surface area contributed by atoms with Crippen LogP contribution < -0.4 is 20.4 Å².